The summed E-state index contributed by atoms with van der Waals surface area (Å²) in [5.41, 5.74) is -0.428. The summed E-state index contributed by atoms with van der Waals surface area (Å²) in [6.07, 6.45) is 3.58. The van der Waals surface area contributed by atoms with E-state index in [1.807, 2.05) is 6.92 Å². The average Bonchev–Trinajstić information content (AvgIpc) is 2.51. The molecule has 1 aliphatic rings. The Morgan fingerprint density at radius 1 is 1.12 bits per heavy atom. The number of ether oxygens (including phenoxy) is 1. The quantitative estimate of drug-likeness (QED) is 0.203. The monoisotopic (exact) mass is 484 g/mol. The number of halogens is 1. The zero-order chi connectivity index (χ0) is 18.8. The minimum atomic E-state index is -0.827. The summed E-state index contributed by atoms with van der Waals surface area (Å²) in [5.74, 6) is 0.792. The Morgan fingerprint density at radius 3 is 2.35 bits per heavy atom. The summed E-state index contributed by atoms with van der Waals surface area (Å²) >= 11 is 0. The number of unbranched alkanes of at least 4 members (excludes halogenated alkanes) is 1. The van der Waals surface area contributed by atoms with Gasteiger partial charge in [-0.15, -0.1) is 24.0 Å². The SMILES string of the molecule is CCNC(=NCC(C)(O)CN1CCOCC1)NCCCCC(C)(C)C.I. The van der Waals surface area contributed by atoms with Crippen molar-refractivity contribution in [2.24, 2.45) is 10.4 Å². The Hall–Kier alpha value is -0.120. The molecule has 6 nitrogen and oxygen atoms in total. The van der Waals surface area contributed by atoms with E-state index >= 15 is 0 Å². The summed E-state index contributed by atoms with van der Waals surface area (Å²) in [5, 5.41) is 17.3. The van der Waals surface area contributed by atoms with Gasteiger partial charge in [-0.25, -0.2) is 0 Å². The summed E-state index contributed by atoms with van der Waals surface area (Å²) in [6.45, 7) is 16.8. The minimum Gasteiger partial charge on any atom is -0.387 e. The topological polar surface area (TPSA) is 69.1 Å². The van der Waals surface area contributed by atoms with Crippen LogP contribution in [0.2, 0.25) is 0 Å². The number of nitrogens with one attached hydrogen (secondary N) is 2. The van der Waals surface area contributed by atoms with Crippen LogP contribution in [0.3, 0.4) is 0 Å². The molecule has 1 fully saturated rings. The fourth-order valence-corrected chi connectivity index (χ4v) is 2.87. The summed E-state index contributed by atoms with van der Waals surface area (Å²) in [6, 6.07) is 0. The van der Waals surface area contributed by atoms with Crippen LogP contribution in [-0.2, 0) is 4.74 Å². The third-order valence-electron chi connectivity index (χ3n) is 4.24. The normalized spacial score (nSPS) is 18.8. The molecule has 26 heavy (non-hydrogen) atoms. The van der Waals surface area contributed by atoms with Crippen molar-refractivity contribution in [2.45, 2.75) is 59.5 Å². The Kier molecular flexibility index (Phi) is 13.1. The van der Waals surface area contributed by atoms with Crippen molar-refractivity contribution >= 4 is 29.9 Å². The van der Waals surface area contributed by atoms with Gasteiger partial charge in [-0.1, -0.05) is 27.2 Å². The highest BCUT2D eigenvalue weighted by Crippen LogP contribution is 2.21. The van der Waals surface area contributed by atoms with Crippen LogP contribution in [-0.4, -0.2) is 74.0 Å². The smallest absolute Gasteiger partial charge is 0.191 e. The van der Waals surface area contributed by atoms with Crippen molar-refractivity contribution < 1.29 is 9.84 Å². The lowest BCUT2D eigenvalue weighted by Crippen LogP contribution is -2.48. The predicted octanol–water partition coefficient (Wildman–Crippen LogP) is 2.46. The van der Waals surface area contributed by atoms with Crippen LogP contribution < -0.4 is 10.6 Å². The van der Waals surface area contributed by atoms with E-state index < -0.39 is 5.60 Å². The van der Waals surface area contributed by atoms with Crippen molar-refractivity contribution in [2.75, 3.05) is 52.5 Å². The first kappa shape index (κ1) is 25.9. The molecule has 1 heterocycles. The number of morpholine rings is 1. The molecule has 7 heteroatoms. The van der Waals surface area contributed by atoms with Crippen molar-refractivity contribution in [3.8, 4) is 0 Å². The van der Waals surface area contributed by atoms with Gasteiger partial charge in [0.25, 0.3) is 0 Å². The summed E-state index contributed by atoms with van der Waals surface area (Å²) in [4.78, 5) is 6.83. The van der Waals surface area contributed by atoms with Crippen molar-refractivity contribution in [1.82, 2.24) is 15.5 Å². The second kappa shape index (κ2) is 13.1. The molecule has 0 spiro atoms. The third-order valence-corrected chi connectivity index (χ3v) is 4.24. The number of hydrogen-bond donors (Lipinski definition) is 3. The van der Waals surface area contributed by atoms with E-state index in [1.54, 1.807) is 0 Å². The van der Waals surface area contributed by atoms with Gasteiger partial charge in [0.1, 0.15) is 0 Å². The van der Waals surface area contributed by atoms with Crippen LogP contribution in [0.1, 0.15) is 53.9 Å². The second-order valence-corrected chi connectivity index (χ2v) is 8.53. The Bertz CT molecular complexity index is 391. The van der Waals surface area contributed by atoms with E-state index in [0.29, 0.717) is 18.5 Å². The lowest BCUT2D eigenvalue weighted by atomic mass is 9.90. The number of rotatable bonds is 9. The molecule has 1 unspecified atom stereocenters. The number of guanidine groups is 1. The van der Waals surface area contributed by atoms with E-state index in [-0.39, 0.29) is 24.0 Å². The molecule has 0 radical (unpaired) electrons. The standard InChI is InChI=1S/C19H40N4O2.HI/c1-6-20-17(21-10-8-7-9-18(2,3)4)22-15-19(5,24)16-23-11-13-25-14-12-23;/h24H,6-16H2,1-5H3,(H2,20,21,22);1H. The molecule has 0 bridgehead atoms. The van der Waals surface area contributed by atoms with Gasteiger partial charge in [-0.05, 0) is 32.1 Å². The molecule has 0 amide bonds. The molecule has 1 rings (SSSR count). The van der Waals surface area contributed by atoms with Crippen molar-refractivity contribution in [3.05, 3.63) is 0 Å². The van der Waals surface area contributed by atoms with E-state index in [4.69, 9.17) is 4.74 Å². The highest BCUT2D eigenvalue weighted by molar-refractivity contribution is 14.0. The van der Waals surface area contributed by atoms with E-state index in [0.717, 1.165) is 51.8 Å². The maximum absolute atomic E-state index is 10.6. The summed E-state index contributed by atoms with van der Waals surface area (Å²) in [7, 11) is 0. The van der Waals surface area contributed by atoms with Gasteiger partial charge in [0.05, 0.1) is 25.4 Å². The first-order chi connectivity index (χ1) is 11.7. The molecule has 0 aromatic carbocycles. The predicted molar refractivity (Wildman–Crippen MR) is 121 cm³/mol. The molecule has 156 valence electrons. The van der Waals surface area contributed by atoms with Crippen molar-refractivity contribution in [1.29, 1.82) is 0 Å². The molecular formula is C19H41IN4O2. The number of hydrogen-bond acceptors (Lipinski definition) is 4. The first-order valence-corrected chi connectivity index (χ1v) is 9.76. The van der Waals surface area contributed by atoms with Gasteiger partial charge in [-0.3, -0.25) is 9.89 Å². The van der Waals surface area contributed by atoms with Gasteiger partial charge in [0, 0.05) is 32.7 Å². The lowest BCUT2D eigenvalue weighted by molar-refractivity contribution is -0.0179. The van der Waals surface area contributed by atoms with Crippen molar-refractivity contribution in [3.63, 3.8) is 0 Å². The third kappa shape index (κ3) is 13.1. The molecule has 1 atom stereocenters. The van der Waals surface area contributed by atoms with Gasteiger partial charge in [0.2, 0.25) is 0 Å². The lowest BCUT2D eigenvalue weighted by Gasteiger charge is -2.33. The fraction of sp³-hybridized carbons (Fsp3) is 0.947. The van der Waals surface area contributed by atoms with Crippen LogP contribution in [0.4, 0.5) is 0 Å². The van der Waals surface area contributed by atoms with Crippen LogP contribution in [0.25, 0.3) is 0 Å². The first-order valence-electron chi connectivity index (χ1n) is 9.76. The molecule has 3 N–H and O–H groups in total. The van der Waals surface area contributed by atoms with Gasteiger partial charge >= 0.3 is 0 Å². The van der Waals surface area contributed by atoms with Gasteiger partial charge in [-0.2, -0.15) is 0 Å². The van der Waals surface area contributed by atoms with Gasteiger partial charge in [0.15, 0.2) is 5.96 Å². The highest BCUT2D eigenvalue weighted by atomic mass is 127. The molecule has 1 saturated heterocycles. The van der Waals surface area contributed by atoms with Crippen LogP contribution in [0.5, 0.6) is 0 Å². The molecule has 0 saturated carbocycles. The molecule has 1 aliphatic heterocycles. The molecule has 0 aromatic rings. The largest absolute Gasteiger partial charge is 0.387 e. The summed E-state index contributed by atoms with van der Waals surface area (Å²) < 4.78 is 5.36. The number of aliphatic imine (C=N–C) groups is 1. The Balaban J connectivity index is 0.00000625. The number of β-amino-alcohol motifs (C(OH)–C–C–N with tert-alkyl or cyclic N) is 1. The van der Waals surface area contributed by atoms with Crippen LogP contribution in [0.15, 0.2) is 4.99 Å². The van der Waals surface area contributed by atoms with Crippen LogP contribution in [0, 0.1) is 5.41 Å². The average molecular weight is 484 g/mol. The van der Waals surface area contributed by atoms with E-state index in [9.17, 15) is 5.11 Å². The zero-order valence-electron chi connectivity index (χ0n) is 17.4. The maximum atomic E-state index is 10.6. The number of aliphatic hydroxyl groups is 1. The fourth-order valence-electron chi connectivity index (χ4n) is 2.87. The molecular weight excluding hydrogens is 443 g/mol. The maximum Gasteiger partial charge on any atom is 0.191 e. The minimum absolute atomic E-state index is 0. The highest BCUT2D eigenvalue weighted by Gasteiger charge is 2.25. The number of nitrogens with zero attached hydrogens (tertiary/aromatic N) is 2. The van der Waals surface area contributed by atoms with E-state index in [1.165, 1.54) is 12.8 Å². The van der Waals surface area contributed by atoms with E-state index in [2.05, 4.69) is 48.2 Å². The van der Waals surface area contributed by atoms with Crippen LogP contribution >= 0.6 is 24.0 Å². The second-order valence-electron chi connectivity index (χ2n) is 8.53. The molecule has 0 aromatic heterocycles. The zero-order valence-corrected chi connectivity index (χ0v) is 19.8. The molecule has 0 aliphatic carbocycles. The Morgan fingerprint density at radius 2 is 1.77 bits per heavy atom. The Labute approximate surface area is 177 Å². The van der Waals surface area contributed by atoms with Gasteiger partial charge < -0.3 is 20.5 Å².